The molecule has 0 aromatic carbocycles. The second kappa shape index (κ2) is 5.98. The third kappa shape index (κ3) is 3.86. The standard InChI is InChI=1S/C12H17N3O2/c1-4-5-6-7-15(3)12-13-9(2)8-10(14-12)11(16)17/h4,8H,1,5-7H2,2-3H3,(H,16,17). The number of hydrogen-bond donors (Lipinski definition) is 1. The number of nitrogens with zero attached hydrogens (tertiary/aromatic N) is 3. The van der Waals surface area contributed by atoms with Gasteiger partial charge in [-0.2, -0.15) is 0 Å². The molecule has 0 saturated carbocycles. The molecule has 5 nitrogen and oxygen atoms in total. The predicted molar refractivity (Wildman–Crippen MR) is 66.4 cm³/mol. The SMILES string of the molecule is C=CCCCN(C)c1nc(C)cc(C(=O)O)n1. The lowest BCUT2D eigenvalue weighted by molar-refractivity contribution is 0.0690. The summed E-state index contributed by atoms with van der Waals surface area (Å²) in [6.07, 6.45) is 3.72. The molecule has 0 bridgehead atoms. The van der Waals surface area contributed by atoms with Crippen LogP contribution in [0.5, 0.6) is 0 Å². The van der Waals surface area contributed by atoms with Crippen LogP contribution in [0.3, 0.4) is 0 Å². The van der Waals surface area contributed by atoms with Crippen LogP contribution in [0.1, 0.15) is 29.0 Å². The van der Waals surface area contributed by atoms with Gasteiger partial charge in [0, 0.05) is 19.3 Å². The first-order valence-corrected chi connectivity index (χ1v) is 5.45. The maximum absolute atomic E-state index is 10.9. The van der Waals surface area contributed by atoms with E-state index in [4.69, 9.17) is 5.11 Å². The highest BCUT2D eigenvalue weighted by molar-refractivity contribution is 5.85. The van der Waals surface area contributed by atoms with Crippen molar-refractivity contribution in [2.24, 2.45) is 0 Å². The molecular weight excluding hydrogens is 218 g/mol. The Labute approximate surface area is 101 Å². The van der Waals surface area contributed by atoms with E-state index in [1.165, 1.54) is 6.07 Å². The Bertz CT molecular complexity index is 418. The fourth-order valence-corrected chi connectivity index (χ4v) is 1.41. The molecule has 1 N–H and O–H groups in total. The van der Waals surface area contributed by atoms with Gasteiger partial charge in [0.25, 0.3) is 0 Å². The maximum Gasteiger partial charge on any atom is 0.354 e. The molecular formula is C12H17N3O2. The van der Waals surface area contributed by atoms with Crippen molar-refractivity contribution in [1.29, 1.82) is 0 Å². The van der Waals surface area contributed by atoms with E-state index in [9.17, 15) is 4.79 Å². The second-order valence-corrected chi connectivity index (χ2v) is 3.85. The van der Waals surface area contributed by atoms with Crippen LogP contribution in [-0.4, -0.2) is 34.6 Å². The van der Waals surface area contributed by atoms with E-state index in [0.717, 1.165) is 19.4 Å². The first kappa shape index (κ1) is 13.2. The molecule has 0 saturated heterocycles. The Morgan fingerprint density at radius 3 is 2.88 bits per heavy atom. The van der Waals surface area contributed by atoms with E-state index in [2.05, 4.69) is 16.5 Å². The van der Waals surface area contributed by atoms with Crippen molar-refractivity contribution < 1.29 is 9.90 Å². The summed E-state index contributed by atoms with van der Waals surface area (Å²) >= 11 is 0. The fourth-order valence-electron chi connectivity index (χ4n) is 1.41. The Morgan fingerprint density at radius 2 is 2.29 bits per heavy atom. The smallest absolute Gasteiger partial charge is 0.354 e. The van der Waals surface area contributed by atoms with Gasteiger partial charge in [0.2, 0.25) is 5.95 Å². The fraction of sp³-hybridized carbons (Fsp3) is 0.417. The number of aromatic carboxylic acids is 1. The van der Waals surface area contributed by atoms with Crippen LogP contribution in [0.4, 0.5) is 5.95 Å². The summed E-state index contributed by atoms with van der Waals surface area (Å²) < 4.78 is 0. The van der Waals surface area contributed by atoms with Crippen LogP contribution in [0.15, 0.2) is 18.7 Å². The molecule has 92 valence electrons. The van der Waals surface area contributed by atoms with E-state index in [0.29, 0.717) is 11.6 Å². The Hall–Kier alpha value is -1.91. The third-order valence-corrected chi connectivity index (χ3v) is 2.30. The molecule has 1 heterocycles. The minimum atomic E-state index is -1.03. The van der Waals surface area contributed by atoms with E-state index in [-0.39, 0.29) is 5.69 Å². The highest BCUT2D eigenvalue weighted by atomic mass is 16.4. The summed E-state index contributed by atoms with van der Waals surface area (Å²) in [7, 11) is 1.85. The first-order valence-electron chi connectivity index (χ1n) is 5.45. The Morgan fingerprint density at radius 1 is 1.59 bits per heavy atom. The third-order valence-electron chi connectivity index (χ3n) is 2.30. The van der Waals surface area contributed by atoms with Crippen molar-refractivity contribution >= 4 is 11.9 Å². The molecule has 1 rings (SSSR count). The Balaban J connectivity index is 2.82. The highest BCUT2D eigenvalue weighted by Gasteiger charge is 2.11. The van der Waals surface area contributed by atoms with Gasteiger partial charge in [-0.15, -0.1) is 6.58 Å². The quantitative estimate of drug-likeness (QED) is 0.602. The molecule has 0 fully saturated rings. The van der Waals surface area contributed by atoms with E-state index in [1.807, 2.05) is 18.0 Å². The lowest BCUT2D eigenvalue weighted by atomic mass is 10.3. The predicted octanol–water partition coefficient (Wildman–Crippen LogP) is 1.89. The number of rotatable bonds is 6. The zero-order valence-electron chi connectivity index (χ0n) is 10.2. The van der Waals surface area contributed by atoms with Gasteiger partial charge in [-0.25, -0.2) is 14.8 Å². The van der Waals surface area contributed by atoms with Crippen molar-refractivity contribution in [2.75, 3.05) is 18.5 Å². The molecule has 0 amide bonds. The lowest BCUT2D eigenvalue weighted by Crippen LogP contribution is -2.22. The number of aromatic nitrogens is 2. The van der Waals surface area contributed by atoms with Crippen molar-refractivity contribution in [1.82, 2.24) is 9.97 Å². The van der Waals surface area contributed by atoms with E-state index >= 15 is 0 Å². The highest BCUT2D eigenvalue weighted by Crippen LogP contribution is 2.09. The number of carboxylic acids is 1. The molecule has 0 spiro atoms. The average Bonchev–Trinajstić information content (AvgIpc) is 2.28. The van der Waals surface area contributed by atoms with E-state index in [1.54, 1.807) is 6.92 Å². The molecule has 0 aliphatic heterocycles. The van der Waals surface area contributed by atoms with Crippen molar-refractivity contribution in [3.63, 3.8) is 0 Å². The molecule has 1 aromatic heterocycles. The summed E-state index contributed by atoms with van der Waals surface area (Å²) in [6, 6.07) is 1.46. The van der Waals surface area contributed by atoms with Gasteiger partial charge in [0.15, 0.2) is 5.69 Å². The zero-order valence-corrected chi connectivity index (χ0v) is 10.2. The summed E-state index contributed by atoms with van der Waals surface area (Å²) in [5.74, 6) is -0.581. The zero-order chi connectivity index (χ0) is 12.8. The molecule has 1 aromatic rings. The monoisotopic (exact) mass is 235 g/mol. The molecule has 0 aliphatic carbocycles. The topological polar surface area (TPSA) is 66.3 Å². The number of hydrogen-bond acceptors (Lipinski definition) is 4. The summed E-state index contributed by atoms with van der Waals surface area (Å²) in [6.45, 7) is 6.19. The molecule has 5 heteroatoms. The second-order valence-electron chi connectivity index (χ2n) is 3.85. The van der Waals surface area contributed by atoms with Crippen LogP contribution in [0.2, 0.25) is 0 Å². The maximum atomic E-state index is 10.9. The minimum Gasteiger partial charge on any atom is -0.477 e. The van der Waals surface area contributed by atoms with Crippen LogP contribution < -0.4 is 4.90 Å². The van der Waals surface area contributed by atoms with Gasteiger partial charge in [0.05, 0.1) is 0 Å². The van der Waals surface area contributed by atoms with Crippen LogP contribution in [-0.2, 0) is 0 Å². The molecule has 17 heavy (non-hydrogen) atoms. The minimum absolute atomic E-state index is 0.0306. The Kier molecular flexibility index (Phi) is 4.63. The number of carboxylic acid groups (broad SMARTS) is 1. The largest absolute Gasteiger partial charge is 0.477 e. The number of allylic oxidation sites excluding steroid dienone is 1. The molecule has 0 radical (unpaired) electrons. The number of carbonyl (C=O) groups is 1. The molecule has 0 aliphatic rings. The summed E-state index contributed by atoms with van der Waals surface area (Å²) in [5, 5.41) is 8.91. The van der Waals surface area contributed by atoms with Crippen LogP contribution in [0.25, 0.3) is 0 Å². The number of unbranched alkanes of at least 4 members (excludes halogenated alkanes) is 1. The van der Waals surface area contributed by atoms with Crippen molar-refractivity contribution in [3.8, 4) is 0 Å². The van der Waals surface area contributed by atoms with Gasteiger partial charge in [-0.1, -0.05) is 6.08 Å². The van der Waals surface area contributed by atoms with Gasteiger partial charge in [0.1, 0.15) is 0 Å². The van der Waals surface area contributed by atoms with Crippen molar-refractivity contribution in [3.05, 3.63) is 30.1 Å². The average molecular weight is 235 g/mol. The first-order chi connectivity index (χ1) is 8.04. The number of aryl methyl sites for hydroxylation is 1. The van der Waals surface area contributed by atoms with Gasteiger partial charge in [-0.3, -0.25) is 0 Å². The normalized spacial score (nSPS) is 10.0. The van der Waals surface area contributed by atoms with Crippen LogP contribution in [0, 0.1) is 6.92 Å². The van der Waals surface area contributed by atoms with Gasteiger partial charge >= 0.3 is 5.97 Å². The molecule has 0 unspecified atom stereocenters. The lowest BCUT2D eigenvalue weighted by Gasteiger charge is -2.17. The van der Waals surface area contributed by atoms with Crippen LogP contribution >= 0.6 is 0 Å². The van der Waals surface area contributed by atoms with Gasteiger partial charge in [-0.05, 0) is 25.8 Å². The summed E-state index contributed by atoms with van der Waals surface area (Å²) in [5.41, 5.74) is 0.686. The number of anilines is 1. The van der Waals surface area contributed by atoms with Gasteiger partial charge < -0.3 is 10.0 Å². The molecule has 0 atom stereocenters. The van der Waals surface area contributed by atoms with E-state index < -0.39 is 5.97 Å². The van der Waals surface area contributed by atoms with Crippen molar-refractivity contribution in [2.45, 2.75) is 19.8 Å². The summed E-state index contributed by atoms with van der Waals surface area (Å²) in [4.78, 5) is 20.9.